The molecule has 1 atom stereocenters. The maximum Gasteiger partial charge on any atom is 0.251 e. The van der Waals surface area contributed by atoms with Crippen LogP contribution in [-0.2, 0) is 5.60 Å². The molecule has 0 aliphatic heterocycles. The van der Waals surface area contributed by atoms with Crippen LogP contribution in [0.1, 0.15) is 28.1 Å². The van der Waals surface area contributed by atoms with Crippen LogP contribution in [0.5, 0.6) is 11.5 Å². The molecule has 1 unspecified atom stereocenters. The Morgan fingerprint density at radius 1 is 1.04 bits per heavy atom. The Morgan fingerprint density at radius 3 is 2.37 bits per heavy atom. The molecule has 1 heterocycles. The molecule has 1 amide bonds. The van der Waals surface area contributed by atoms with Gasteiger partial charge in [0.1, 0.15) is 17.1 Å². The van der Waals surface area contributed by atoms with Crippen molar-refractivity contribution in [3.8, 4) is 11.5 Å². The van der Waals surface area contributed by atoms with E-state index in [1.54, 1.807) is 24.3 Å². The number of hydrogen-bond donors (Lipinski definition) is 2. The first-order chi connectivity index (χ1) is 13.1. The Labute approximate surface area is 162 Å². The number of hydrogen-bond acceptors (Lipinski definition) is 4. The second-order valence-corrected chi connectivity index (χ2v) is 7.75. The lowest BCUT2D eigenvalue weighted by Gasteiger charge is -2.27. The molecule has 1 saturated carbocycles. The fourth-order valence-corrected chi connectivity index (χ4v) is 4.04. The van der Waals surface area contributed by atoms with E-state index in [1.807, 2.05) is 47.8 Å². The molecule has 2 N–H and O–H groups in total. The molecule has 0 spiro atoms. The Balaban J connectivity index is 1.39. The van der Waals surface area contributed by atoms with Gasteiger partial charge in [-0.05, 0) is 66.6 Å². The van der Waals surface area contributed by atoms with Crippen LogP contribution in [-0.4, -0.2) is 17.6 Å². The highest BCUT2D eigenvalue weighted by molar-refractivity contribution is 7.10. The predicted octanol–water partition coefficient (Wildman–Crippen LogP) is 4.57. The van der Waals surface area contributed by atoms with Gasteiger partial charge in [0.15, 0.2) is 0 Å². The van der Waals surface area contributed by atoms with E-state index in [2.05, 4.69) is 5.32 Å². The fraction of sp³-hybridized carbons (Fsp3) is 0.227. The standard InChI is InChI=1S/C22H21NO3S/c24-21(23-15-22(25,17-10-11-17)20-7-4-14-27-20)16-8-12-19(13-9-16)26-18-5-2-1-3-6-18/h1-9,12-14,17,25H,10-11,15H2,(H,23,24). The number of aliphatic hydroxyl groups is 1. The molecule has 4 rings (SSSR count). The molecule has 0 radical (unpaired) electrons. The molecule has 0 saturated heterocycles. The third-order valence-corrected chi connectivity index (χ3v) is 5.85. The van der Waals surface area contributed by atoms with Gasteiger partial charge >= 0.3 is 0 Å². The highest BCUT2D eigenvalue weighted by Crippen LogP contribution is 2.46. The second-order valence-electron chi connectivity index (χ2n) is 6.80. The van der Waals surface area contributed by atoms with E-state index in [-0.39, 0.29) is 18.4 Å². The van der Waals surface area contributed by atoms with Gasteiger partial charge in [0.2, 0.25) is 0 Å². The Bertz CT molecular complexity index is 889. The monoisotopic (exact) mass is 379 g/mol. The first-order valence-electron chi connectivity index (χ1n) is 9.03. The topological polar surface area (TPSA) is 58.6 Å². The van der Waals surface area contributed by atoms with Crippen LogP contribution in [0.3, 0.4) is 0 Å². The van der Waals surface area contributed by atoms with Crippen LogP contribution >= 0.6 is 11.3 Å². The van der Waals surface area contributed by atoms with E-state index in [0.717, 1.165) is 23.5 Å². The summed E-state index contributed by atoms with van der Waals surface area (Å²) < 4.78 is 5.75. The van der Waals surface area contributed by atoms with Gasteiger partial charge in [-0.3, -0.25) is 4.79 Å². The summed E-state index contributed by atoms with van der Waals surface area (Å²) in [6.45, 7) is 0.222. The number of benzene rings is 2. The fourth-order valence-electron chi connectivity index (χ4n) is 3.13. The summed E-state index contributed by atoms with van der Waals surface area (Å²) in [5.41, 5.74) is -0.431. The normalized spacial score (nSPS) is 15.7. The minimum absolute atomic E-state index is 0.197. The number of carbonyl (C=O) groups excluding carboxylic acids is 1. The molecule has 4 nitrogen and oxygen atoms in total. The summed E-state index contributed by atoms with van der Waals surface area (Å²) in [6, 6.07) is 20.4. The van der Waals surface area contributed by atoms with Crippen molar-refractivity contribution in [2.24, 2.45) is 5.92 Å². The van der Waals surface area contributed by atoms with E-state index in [1.165, 1.54) is 11.3 Å². The zero-order chi connectivity index (χ0) is 18.7. The largest absolute Gasteiger partial charge is 0.457 e. The van der Waals surface area contributed by atoms with E-state index >= 15 is 0 Å². The number of rotatable bonds is 7. The minimum Gasteiger partial charge on any atom is -0.457 e. The van der Waals surface area contributed by atoms with Gasteiger partial charge in [-0.1, -0.05) is 24.3 Å². The zero-order valence-electron chi connectivity index (χ0n) is 14.8. The van der Waals surface area contributed by atoms with Gasteiger partial charge in [-0.15, -0.1) is 11.3 Å². The Kier molecular flexibility index (Phi) is 4.97. The molecule has 3 aromatic rings. The van der Waals surface area contributed by atoms with Crippen molar-refractivity contribution in [1.29, 1.82) is 0 Å². The van der Waals surface area contributed by atoms with Gasteiger partial charge in [0.05, 0.1) is 6.54 Å². The third kappa shape index (κ3) is 4.04. The van der Waals surface area contributed by atoms with Crippen LogP contribution < -0.4 is 10.1 Å². The highest BCUT2D eigenvalue weighted by atomic mass is 32.1. The molecule has 1 aromatic heterocycles. The van der Waals surface area contributed by atoms with Crippen molar-refractivity contribution in [1.82, 2.24) is 5.32 Å². The van der Waals surface area contributed by atoms with Gasteiger partial charge in [-0.2, -0.15) is 0 Å². The van der Waals surface area contributed by atoms with E-state index in [4.69, 9.17) is 4.74 Å². The average Bonchev–Trinajstić information content (AvgIpc) is 3.42. The lowest BCUT2D eigenvalue weighted by atomic mass is 9.95. The average molecular weight is 379 g/mol. The number of ether oxygens (including phenoxy) is 1. The molecule has 1 aliphatic rings. The first-order valence-corrected chi connectivity index (χ1v) is 9.91. The maximum absolute atomic E-state index is 12.5. The Morgan fingerprint density at radius 2 is 1.74 bits per heavy atom. The number of thiophene rings is 1. The molecule has 0 bridgehead atoms. The van der Waals surface area contributed by atoms with Gasteiger partial charge in [0, 0.05) is 10.4 Å². The van der Waals surface area contributed by atoms with Crippen molar-refractivity contribution in [3.05, 3.63) is 82.6 Å². The molecule has 1 fully saturated rings. The maximum atomic E-state index is 12.5. The van der Waals surface area contributed by atoms with Crippen LogP contribution in [0.2, 0.25) is 0 Å². The first kappa shape index (κ1) is 17.8. The van der Waals surface area contributed by atoms with E-state index in [0.29, 0.717) is 11.3 Å². The molecule has 138 valence electrons. The SMILES string of the molecule is O=C(NCC(O)(c1cccs1)C1CC1)c1ccc(Oc2ccccc2)cc1. The highest BCUT2D eigenvalue weighted by Gasteiger charge is 2.45. The van der Waals surface area contributed by atoms with Crippen LogP contribution in [0.25, 0.3) is 0 Å². The Hall–Kier alpha value is -2.63. The summed E-state index contributed by atoms with van der Waals surface area (Å²) in [4.78, 5) is 13.4. The quantitative estimate of drug-likeness (QED) is 0.632. The summed E-state index contributed by atoms with van der Waals surface area (Å²) in [5.74, 6) is 1.45. The number of nitrogens with one attached hydrogen (secondary N) is 1. The lowest BCUT2D eigenvalue weighted by Crippen LogP contribution is -2.42. The van der Waals surface area contributed by atoms with Crippen molar-refractivity contribution < 1.29 is 14.6 Å². The molecule has 5 heteroatoms. The molecule has 2 aromatic carbocycles. The molecule has 1 aliphatic carbocycles. The predicted molar refractivity (Wildman–Crippen MR) is 106 cm³/mol. The van der Waals surface area contributed by atoms with Gasteiger partial charge < -0.3 is 15.2 Å². The summed E-state index contributed by atoms with van der Waals surface area (Å²) >= 11 is 1.53. The molecule has 27 heavy (non-hydrogen) atoms. The number of carbonyl (C=O) groups is 1. The third-order valence-electron chi connectivity index (χ3n) is 4.81. The van der Waals surface area contributed by atoms with E-state index < -0.39 is 5.60 Å². The summed E-state index contributed by atoms with van der Waals surface area (Å²) in [5, 5.41) is 15.9. The summed E-state index contributed by atoms with van der Waals surface area (Å²) in [6.07, 6.45) is 1.99. The van der Waals surface area contributed by atoms with Crippen LogP contribution in [0.4, 0.5) is 0 Å². The van der Waals surface area contributed by atoms with Crippen molar-refractivity contribution in [2.75, 3.05) is 6.54 Å². The molecular weight excluding hydrogens is 358 g/mol. The smallest absolute Gasteiger partial charge is 0.251 e. The number of para-hydroxylation sites is 1. The van der Waals surface area contributed by atoms with Gasteiger partial charge in [-0.25, -0.2) is 0 Å². The summed E-state index contributed by atoms with van der Waals surface area (Å²) in [7, 11) is 0. The van der Waals surface area contributed by atoms with Crippen molar-refractivity contribution >= 4 is 17.2 Å². The lowest BCUT2D eigenvalue weighted by molar-refractivity contribution is 0.0169. The van der Waals surface area contributed by atoms with E-state index in [9.17, 15) is 9.90 Å². The number of amides is 1. The van der Waals surface area contributed by atoms with Crippen molar-refractivity contribution in [2.45, 2.75) is 18.4 Å². The minimum atomic E-state index is -0.972. The van der Waals surface area contributed by atoms with Crippen LogP contribution in [0.15, 0.2) is 72.1 Å². The van der Waals surface area contributed by atoms with Crippen LogP contribution in [0, 0.1) is 5.92 Å². The zero-order valence-corrected chi connectivity index (χ0v) is 15.6. The molecular formula is C22H21NO3S. The second kappa shape index (κ2) is 7.55. The van der Waals surface area contributed by atoms with Gasteiger partial charge in [0.25, 0.3) is 5.91 Å². The van der Waals surface area contributed by atoms with Crippen molar-refractivity contribution in [3.63, 3.8) is 0 Å².